The number of guanidine groups is 1. The summed E-state index contributed by atoms with van der Waals surface area (Å²) in [4.78, 5) is 55.9. The van der Waals surface area contributed by atoms with E-state index in [1.54, 1.807) is 38.0 Å². The highest BCUT2D eigenvalue weighted by Gasteiger charge is 2.69. The summed E-state index contributed by atoms with van der Waals surface area (Å²) in [5.74, 6) is 1.35. The van der Waals surface area contributed by atoms with Crippen LogP contribution < -0.4 is 16.4 Å². The fraction of sp³-hybridized carbons (Fsp3) is 0.671. The number of rotatable bonds is 10. The summed E-state index contributed by atoms with van der Waals surface area (Å²) in [5.41, 5.74) is 10.2. The Morgan fingerprint density at radius 2 is 0.958 bits per heavy atom. The highest BCUT2D eigenvalue weighted by atomic mass is 79.9. The second-order valence-corrected chi connectivity index (χ2v) is 33.2. The molecule has 8 fully saturated rings. The molecule has 4 N–H and O–H groups in total. The lowest BCUT2D eigenvalue weighted by molar-refractivity contribution is -0.140. The monoisotopic (exact) mass is 1610 g/mol. The number of ether oxygens (including phenoxy) is 7. The van der Waals surface area contributed by atoms with E-state index in [1.807, 2.05) is 4.90 Å². The highest BCUT2D eigenvalue weighted by Crippen LogP contribution is 2.65. The predicted octanol–water partition coefficient (Wildman–Crippen LogP) is 13.8. The third-order valence-corrected chi connectivity index (χ3v) is 27.0. The standard InChI is InChI=1S/C27H35BrN2O4S.C22H28BrN3O3.C17H19BrN2O2S.C5H9BrO.2CH4/c1-32-20-8-10-26(11-9-20)15-18-6-7-19(28)14-23(18)27(26)24(31)30(16-21-4-2-12-33-21)25(29-27)35-17-22-5-3-13-34-22;1-28-16-6-8-21(9-7-16)12-14-4-5-15(23)11-18(14)22(21)19(27)26(20(24)25-22)13-17-3-2-10-29-17;1-22-12-4-6-16(7-5-12)9-10-2-3-11(18)8-13(10)17(16)14(21)19-15(23)20-17;6-4-5-2-1-3-7-5;;/h6-7,14,20-22H,2-5,8-13,15-17H2,1H3;4-5,11,16-17H,2-3,6-10,12-13H2,1H3,(H2,24,25);2-3,8,12H,4-7,9H2,1H3,(H2,19,20,21,23);5H,1-4H2;2*1H4. The van der Waals surface area contributed by atoms with Gasteiger partial charge in [0.15, 0.2) is 32.9 Å². The zero-order valence-corrected chi connectivity index (χ0v) is 62.4. The molecule has 7 unspecified atom stereocenters. The molecule has 7 heterocycles. The van der Waals surface area contributed by atoms with Crippen LogP contribution in [0.15, 0.2) is 78.0 Å². The molecule has 3 amide bonds. The van der Waals surface area contributed by atoms with Gasteiger partial charge >= 0.3 is 0 Å². The van der Waals surface area contributed by atoms with Crippen molar-refractivity contribution < 1.29 is 47.5 Å². The number of thiocarbonyl (C=S) groups is 1. The normalized spacial score (nSPS) is 35.1. The van der Waals surface area contributed by atoms with Crippen molar-refractivity contribution in [3.05, 3.63) is 101 Å². The van der Waals surface area contributed by atoms with Crippen LogP contribution in [0.3, 0.4) is 0 Å². The third kappa shape index (κ3) is 13.5. The second-order valence-electron chi connectivity index (χ2n) is 28.4. The maximum absolute atomic E-state index is 14.7. The maximum atomic E-state index is 14.7. The molecule has 0 aromatic heterocycles. The van der Waals surface area contributed by atoms with E-state index >= 15 is 0 Å². The molecule has 6 spiro atoms. The molecular formula is C73H99Br4N7O10S2. The van der Waals surface area contributed by atoms with Crippen LogP contribution >= 0.6 is 87.7 Å². The first-order chi connectivity index (χ1) is 45.5. The zero-order chi connectivity index (χ0) is 65.6. The van der Waals surface area contributed by atoms with Gasteiger partial charge in [-0.25, -0.2) is 9.98 Å². The molecule has 17 nitrogen and oxygen atoms in total. The van der Waals surface area contributed by atoms with Crippen molar-refractivity contribution in [2.45, 2.75) is 222 Å². The summed E-state index contributed by atoms with van der Waals surface area (Å²) in [6.45, 7) is 4.44. The van der Waals surface area contributed by atoms with Gasteiger partial charge in [-0.1, -0.05) is 109 Å². The van der Waals surface area contributed by atoms with Gasteiger partial charge in [-0.2, -0.15) is 0 Å². The number of thioether (sulfide) groups is 1. The first-order valence-electron chi connectivity index (χ1n) is 34.3. The Balaban J connectivity index is 0.000000140. The lowest BCUT2D eigenvalue weighted by Gasteiger charge is -2.46. The lowest BCUT2D eigenvalue weighted by atomic mass is 9.61. The molecule has 3 aromatic carbocycles. The molecule has 0 radical (unpaired) electrons. The van der Waals surface area contributed by atoms with Crippen molar-refractivity contribution in [1.29, 1.82) is 0 Å². The Labute approximate surface area is 612 Å². The van der Waals surface area contributed by atoms with Crippen molar-refractivity contribution in [2.75, 3.05) is 71.9 Å². The van der Waals surface area contributed by atoms with E-state index in [0.717, 1.165) is 208 Å². The fourth-order valence-corrected chi connectivity index (χ4v) is 21.5. The van der Waals surface area contributed by atoms with E-state index in [4.69, 9.17) is 61.1 Å². The average molecular weight is 1620 g/mol. The molecule has 6 aliphatic carbocycles. The third-order valence-electron chi connectivity index (χ3n) is 23.5. The van der Waals surface area contributed by atoms with Crippen LogP contribution in [0.5, 0.6) is 0 Å². The van der Waals surface area contributed by atoms with E-state index in [-0.39, 0.29) is 79.3 Å². The molecule has 3 saturated carbocycles. The van der Waals surface area contributed by atoms with Crippen molar-refractivity contribution in [3.63, 3.8) is 0 Å². The number of aliphatic imine (C=N–C) groups is 2. The number of methoxy groups -OCH3 is 3. The van der Waals surface area contributed by atoms with Gasteiger partial charge in [-0.05, 0) is 230 Å². The average Bonchev–Trinajstić information content (AvgIpc) is 1.55. The Hall–Kier alpha value is -2.91. The number of nitrogens with one attached hydrogen (secondary N) is 2. The molecule has 16 rings (SSSR count). The Morgan fingerprint density at radius 1 is 0.562 bits per heavy atom. The van der Waals surface area contributed by atoms with Gasteiger partial charge in [0.25, 0.3) is 17.7 Å². The van der Waals surface area contributed by atoms with Gasteiger partial charge < -0.3 is 49.5 Å². The Morgan fingerprint density at radius 3 is 1.38 bits per heavy atom. The Kier molecular flexibility index (Phi) is 24.0. The smallest absolute Gasteiger partial charge is 0.262 e. The van der Waals surface area contributed by atoms with Gasteiger partial charge in [-0.15, -0.1) is 0 Å². The van der Waals surface area contributed by atoms with Crippen molar-refractivity contribution in [2.24, 2.45) is 32.0 Å². The van der Waals surface area contributed by atoms with Crippen LogP contribution in [0.2, 0.25) is 0 Å². The topological polar surface area (TPSA) is 197 Å². The molecule has 7 aliphatic heterocycles. The quantitative estimate of drug-likeness (QED) is 0.128. The van der Waals surface area contributed by atoms with E-state index in [1.165, 1.54) is 29.5 Å². The summed E-state index contributed by atoms with van der Waals surface area (Å²) in [7, 11) is 5.36. The zero-order valence-electron chi connectivity index (χ0n) is 54.4. The number of hydrogen-bond acceptors (Lipinski definition) is 15. The van der Waals surface area contributed by atoms with Crippen LogP contribution in [-0.2, 0) is 83.4 Å². The van der Waals surface area contributed by atoms with E-state index < -0.39 is 16.6 Å². The molecule has 0 bridgehead atoms. The number of alkyl halides is 1. The molecule has 7 atom stereocenters. The van der Waals surface area contributed by atoms with Gasteiger partial charge in [0.2, 0.25) is 0 Å². The van der Waals surface area contributed by atoms with E-state index in [2.05, 4.69) is 129 Å². The largest absolute Gasteiger partial charge is 0.381 e. The van der Waals surface area contributed by atoms with Gasteiger partial charge in [0.05, 0.1) is 55.8 Å². The number of amidine groups is 1. The molecule has 96 heavy (non-hydrogen) atoms. The lowest BCUT2D eigenvalue weighted by Crippen LogP contribution is -2.56. The molecule has 23 heteroatoms. The van der Waals surface area contributed by atoms with Gasteiger partial charge in [0.1, 0.15) is 0 Å². The van der Waals surface area contributed by atoms with Crippen LogP contribution in [0.25, 0.3) is 0 Å². The number of carbonyl (C=O) groups is 3. The SMILES string of the molecule is BrCC1CCCO1.C.C.COC1CCC2(CC1)Cc1ccc(Br)cc1C21N=C(N)N(CC2CCCO2)C1=O.COC1CCC2(CC1)Cc1ccc(Br)cc1C21N=C(SCC2CCCO2)N(CC2CCCO2)C1=O.COC1CCC2(CC1)Cc1ccc(Br)cc1C21NC(=S)NC1=O. The minimum atomic E-state index is -0.923. The predicted molar refractivity (Wildman–Crippen MR) is 396 cm³/mol. The molecular weight excluding hydrogens is 1520 g/mol. The second kappa shape index (κ2) is 31.0. The number of halogens is 4. The first-order valence-corrected chi connectivity index (χ1v) is 39.2. The summed E-state index contributed by atoms with van der Waals surface area (Å²) in [6, 6.07) is 19.0. The maximum Gasteiger partial charge on any atom is 0.262 e. The number of carbonyl (C=O) groups excluding carboxylic acids is 3. The van der Waals surface area contributed by atoms with Crippen molar-refractivity contribution in [1.82, 2.24) is 20.4 Å². The molecule has 3 aromatic rings. The van der Waals surface area contributed by atoms with Gasteiger partial charge in [-0.3, -0.25) is 24.2 Å². The van der Waals surface area contributed by atoms with Crippen molar-refractivity contribution in [3.8, 4) is 0 Å². The number of amides is 3. The fourth-order valence-electron chi connectivity index (χ4n) is 18.6. The van der Waals surface area contributed by atoms with Crippen LogP contribution in [0, 0.1) is 16.2 Å². The number of nitrogens with zero attached hydrogens (tertiary/aromatic N) is 4. The summed E-state index contributed by atoms with van der Waals surface area (Å²) in [6.07, 6.45) is 24.6. The Bertz CT molecular complexity index is 3370. The van der Waals surface area contributed by atoms with Crippen molar-refractivity contribution >= 4 is 122 Å². The summed E-state index contributed by atoms with van der Waals surface area (Å²) in [5, 5.41) is 8.52. The summed E-state index contributed by atoms with van der Waals surface area (Å²) >= 11 is 21.2. The number of benzene rings is 3. The minimum Gasteiger partial charge on any atom is -0.381 e. The number of hydrogen-bond donors (Lipinski definition) is 3. The summed E-state index contributed by atoms with van der Waals surface area (Å²) < 4.78 is 42.8. The van der Waals surface area contributed by atoms with E-state index in [9.17, 15) is 14.4 Å². The minimum absolute atomic E-state index is 0. The van der Waals surface area contributed by atoms with Crippen LogP contribution in [-0.4, -0.2) is 158 Å². The van der Waals surface area contributed by atoms with Crippen LogP contribution in [0.1, 0.15) is 177 Å². The number of fused-ring (bicyclic) bond motifs is 9. The molecule has 5 saturated heterocycles. The van der Waals surface area contributed by atoms with Gasteiger partial charge in [0, 0.05) is 88.5 Å². The number of nitrogens with two attached hydrogens (primary N) is 1. The highest BCUT2D eigenvalue weighted by molar-refractivity contribution is 9.11. The first kappa shape index (κ1) is 74.3. The van der Waals surface area contributed by atoms with E-state index in [0.29, 0.717) is 36.4 Å². The molecule has 13 aliphatic rings. The van der Waals surface area contributed by atoms with Crippen LogP contribution in [0.4, 0.5) is 0 Å². The molecule has 526 valence electrons.